The summed E-state index contributed by atoms with van der Waals surface area (Å²) < 4.78 is 27.4. The van der Waals surface area contributed by atoms with Crippen LogP contribution in [0.25, 0.3) is 0 Å². The van der Waals surface area contributed by atoms with E-state index in [-0.39, 0.29) is 42.2 Å². The third-order valence-corrected chi connectivity index (χ3v) is 10.1. The second kappa shape index (κ2) is 18.8. The van der Waals surface area contributed by atoms with Gasteiger partial charge in [0.2, 0.25) is 21.8 Å². The van der Waals surface area contributed by atoms with E-state index in [4.69, 9.17) is 5.11 Å². The summed E-state index contributed by atoms with van der Waals surface area (Å²) in [7, 11) is -2.32. The van der Waals surface area contributed by atoms with Crippen LogP contribution in [0.15, 0.2) is 91.5 Å². The van der Waals surface area contributed by atoms with Gasteiger partial charge in [-0.2, -0.15) is 0 Å². The van der Waals surface area contributed by atoms with Crippen LogP contribution < -0.4 is 20.3 Å². The Hall–Kier alpha value is -5.01. The number of allylic oxidation sites excluding steroid dienone is 1. The number of nitrogens with zero attached hydrogens (tertiary/aromatic N) is 1. The number of amides is 3. The standard InChI is InChI=1S/C38H48N4O8S/c1-6-11-30(36(45)40-26(4)35(44)39-23-27-16-18-29(19-17-27)38(47)48)22-34(43)33(20-25(2)3)41-37(46)31-14-10-15-32(21-31)42(5)51(49,50)24-28-12-8-7-9-13-28/h6-10,12-19,21,25-26,30,33-34,43H,1,11,20,22-24H2,2-5H3,(H,39,44)(H,40,45)(H,41,46)(H,47,48)/t26-,30+,33-,34-/m0/s1. The van der Waals surface area contributed by atoms with Gasteiger partial charge >= 0.3 is 5.97 Å². The van der Waals surface area contributed by atoms with Crippen LogP contribution in [0.5, 0.6) is 0 Å². The summed E-state index contributed by atoms with van der Waals surface area (Å²) in [4.78, 5) is 50.6. The quantitative estimate of drug-likeness (QED) is 0.114. The maximum atomic E-state index is 13.5. The van der Waals surface area contributed by atoms with Gasteiger partial charge in [-0.1, -0.05) is 68.5 Å². The van der Waals surface area contributed by atoms with E-state index in [0.717, 1.165) is 4.31 Å². The fraction of sp³-hybridized carbons (Fsp3) is 0.368. The average Bonchev–Trinajstić information content (AvgIpc) is 3.09. The molecule has 5 N–H and O–H groups in total. The van der Waals surface area contributed by atoms with Crippen molar-refractivity contribution < 1.29 is 37.8 Å². The molecule has 0 aliphatic rings. The van der Waals surface area contributed by atoms with Crippen LogP contribution in [0, 0.1) is 11.8 Å². The Kier molecular flexibility index (Phi) is 14.9. The lowest BCUT2D eigenvalue weighted by Gasteiger charge is -2.29. The van der Waals surface area contributed by atoms with Crippen LogP contribution >= 0.6 is 0 Å². The molecular formula is C38H48N4O8S. The molecule has 3 aromatic rings. The fourth-order valence-corrected chi connectivity index (χ4v) is 6.67. The lowest BCUT2D eigenvalue weighted by atomic mass is 9.89. The largest absolute Gasteiger partial charge is 0.478 e. The molecule has 0 fully saturated rings. The van der Waals surface area contributed by atoms with E-state index in [0.29, 0.717) is 23.2 Å². The molecule has 0 radical (unpaired) electrons. The van der Waals surface area contributed by atoms with Crippen molar-refractivity contribution in [2.45, 2.75) is 70.5 Å². The number of benzene rings is 3. The number of carboxylic acid groups (broad SMARTS) is 1. The summed E-state index contributed by atoms with van der Waals surface area (Å²) >= 11 is 0. The minimum atomic E-state index is -3.75. The Balaban J connectivity index is 1.65. The van der Waals surface area contributed by atoms with E-state index < -0.39 is 57.8 Å². The van der Waals surface area contributed by atoms with Crippen LogP contribution in [0.4, 0.5) is 5.69 Å². The van der Waals surface area contributed by atoms with Gasteiger partial charge in [0, 0.05) is 25.1 Å². The molecule has 0 aliphatic carbocycles. The predicted octanol–water partition coefficient (Wildman–Crippen LogP) is 4.26. The first kappa shape index (κ1) is 40.4. The Morgan fingerprint density at radius 3 is 2.12 bits per heavy atom. The van der Waals surface area contributed by atoms with Gasteiger partial charge in [-0.25, -0.2) is 13.2 Å². The molecule has 3 aromatic carbocycles. The molecule has 0 aliphatic heterocycles. The number of carboxylic acids is 1. The minimum Gasteiger partial charge on any atom is -0.478 e. The van der Waals surface area contributed by atoms with Crippen LogP contribution in [-0.4, -0.2) is 67.6 Å². The topological polar surface area (TPSA) is 182 Å². The number of sulfonamides is 1. The first-order valence-electron chi connectivity index (χ1n) is 16.7. The zero-order valence-electron chi connectivity index (χ0n) is 29.4. The fourth-order valence-electron chi connectivity index (χ4n) is 5.43. The summed E-state index contributed by atoms with van der Waals surface area (Å²) in [5.74, 6) is -3.38. The van der Waals surface area contributed by atoms with Crippen molar-refractivity contribution in [3.05, 3.63) is 114 Å². The second-order valence-corrected chi connectivity index (χ2v) is 14.9. The van der Waals surface area contributed by atoms with Crippen LogP contribution in [-0.2, 0) is 31.9 Å². The third-order valence-electron chi connectivity index (χ3n) is 8.36. The van der Waals surface area contributed by atoms with Gasteiger partial charge in [-0.3, -0.25) is 18.7 Å². The summed E-state index contributed by atoms with van der Waals surface area (Å²) in [6.45, 7) is 9.27. The highest BCUT2D eigenvalue weighted by atomic mass is 32.2. The number of anilines is 1. The molecule has 0 spiro atoms. The molecule has 0 unspecified atom stereocenters. The molecule has 0 bridgehead atoms. The molecule has 51 heavy (non-hydrogen) atoms. The van der Waals surface area contributed by atoms with Crippen molar-refractivity contribution in [3.8, 4) is 0 Å². The summed E-state index contributed by atoms with van der Waals surface area (Å²) in [5, 5.41) is 28.7. The number of hydrogen-bond acceptors (Lipinski definition) is 7. The van der Waals surface area contributed by atoms with Gasteiger partial charge in [-0.15, -0.1) is 6.58 Å². The number of hydrogen-bond donors (Lipinski definition) is 5. The zero-order valence-corrected chi connectivity index (χ0v) is 30.2. The molecular weight excluding hydrogens is 673 g/mol. The van der Waals surface area contributed by atoms with Gasteiger partial charge in [0.1, 0.15) is 6.04 Å². The molecule has 13 heteroatoms. The van der Waals surface area contributed by atoms with Crippen molar-refractivity contribution in [2.24, 2.45) is 11.8 Å². The van der Waals surface area contributed by atoms with Gasteiger partial charge in [-0.05, 0) is 73.6 Å². The first-order chi connectivity index (χ1) is 24.1. The van der Waals surface area contributed by atoms with E-state index in [2.05, 4.69) is 22.5 Å². The number of rotatable bonds is 19. The molecule has 0 saturated heterocycles. The lowest BCUT2D eigenvalue weighted by molar-refractivity contribution is -0.131. The van der Waals surface area contributed by atoms with Crippen molar-refractivity contribution in [1.29, 1.82) is 0 Å². The average molecular weight is 721 g/mol. The summed E-state index contributed by atoms with van der Waals surface area (Å²) in [5.41, 5.74) is 1.95. The molecule has 0 heterocycles. The van der Waals surface area contributed by atoms with Crippen molar-refractivity contribution in [1.82, 2.24) is 16.0 Å². The predicted molar refractivity (Wildman–Crippen MR) is 196 cm³/mol. The van der Waals surface area contributed by atoms with Crippen LogP contribution in [0.3, 0.4) is 0 Å². The highest BCUT2D eigenvalue weighted by molar-refractivity contribution is 7.92. The monoisotopic (exact) mass is 720 g/mol. The Labute approximate surface area is 300 Å². The van der Waals surface area contributed by atoms with Gasteiger partial charge in [0.15, 0.2) is 0 Å². The maximum Gasteiger partial charge on any atom is 0.335 e. The first-order valence-corrected chi connectivity index (χ1v) is 18.3. The maximum absolute atomic E-state index is 13.5. The number of aromatic carboxylic acids is 1. The Morgan fingerprint density at radius 1 is 0.843 bits per heavy atom. The smallest absolute Gasteiger partial charge is 0.335 e. The number of carbonyl (C=O) groups excluding carboxylic acids is 3. The van der Waals surface area contributed by atoms with E-state index in [1.807, 2.05) is 13.8 Å². The summed E-state index contributed by atoms with van der Waals surface area (Å²) in [6, 6.07) is 19.4. The third kappa shape index (κ3) is 12.4. The van der Waals surface area contributed by atoms with E-state index in [1.165, 1.54) is 32.2 Å². The Bertz CT molecular complexity index is 1760. The number of carbonyl (C=O) groups is 4. The zero-order chi connectivity index (χ0) is 37.7. The number of aliphatic hydroxyl groups is 1. The normalized spacial score (nSPS) is 13.7. The SMILES string of the molecule is C=CC[C@H](C[C@H](O)[C@H](CC(C)C)NC(=O)c1cccc(N(C)S(=O)(=O)Cc2ccccc2)c1)C(=O)N[C@@H](C)C(=O)NCc1ccc(C(=O)O)cc1. The molecule has 4 atom stereocenters. The number of nitrogens with one attached hydrogen (secondary N) is 3. The van der Waals surface area contributed by atoms with Gasteiger partial charge in [0.05, 0.1) is 29.1 Å². The summed E-state index contributed by atoms with van der Waals surface area (Å²) in [6.07, 6.45) is 0.989. The van der Waals surface area contributed by atoms with E-state index in [1.54, 1.807) is 66.7 Å². The molecule has 3 rings (SSSR count). The lowest BCUT2D eigenvalue weighted by Crippen LogP contribution is -2.49. The van der Waals surface area contributed by atoms with E-state index >= 15 is 0 Å². The molecule has 12 nitrogen and oxygen atoms in total. The van der Waals surface area contributed by atoms with Crippen molar-refractivity contribution in [3.63, 3.8) is 0 Å². The molecule has 0 aromatic heterocycles. The molecule has 0 saturated carbocycles. The highest BCUT2D eigenvalue weighted by Crippen LogP contribution is 2.23. The van der Waals surface area contributed by atoms with Crippen molar-refractivity contribution in [2.75, 3.05) is 11.4 Å². The van der Waals surface area contributed by atoms with E-state index in [9.17, 15) is 32.7 Å². The number of aliphatic hydroxyl groups excluding tert-OH is 1. The van der Waals surface area contributed by atoms with Gasteiger partial charge < -0.3 is 26.2 Å². The van der Waals surface area contributed by atoms with Crippen molar-refractivity contribution >= 4 is 39.4 Å². The van der Waals surface area contributed by atoms with Crippen LogP contribution in [0.1, 0.15) is 71.9 Å². The van der Waals surface area contributed by atoms with Gasteiger partial charge in [0.25, 0.3) is 5.91 Å². The molecule has 3 amide bonds. The minimum absolute atomic E-state index is 0.0275. The second-order valence-electron chi connectivity index (χ2n) is 12.9. The highest BCUT2D eigenvalue weighted by Gasteiger charge is 2.30. The molecule has 274 valence electrons. The Morgan fingerprint density at radius 2 is 1.51 bits per heavy atom. The van der Waals surface area contributed by atoms with Crippen LogP contribution in [0.2, 0.25) is 0 Å².